The summed E-state index contributed by atoms with van der Waals surface area (Å²) in [5.74, 6) is -0.567. The number of hydrogen-bond donors (Lipinski definition) is 1. The van der Waals surface area contributed by atoms with Crippen molar-refractivity contribution >= 4 is 27.6 Å². The minimum atomic E-state index is -3.71. The van der Waals surface area contributed by atoms with Crippen molar-refractivity contribution < 1.29 is 17.9 Å². The smallest absolute Gasteiger partial charge is 0.337 e. The van der Waals surface area contributed by atoms with E-state index in [1.54, 1.807) is 0 Å². The number of nitrogens with zero attached hydrogens (tertiary/aromatic N) is 1. The predicted octanol–water partition coefficient (Wildman–Crippen LogP) is 1.49. The number of methoxy groups -OCH3 is 1. The summed E-state index contributed by atoms with van der Waals surface area (Å²) in [6.07, 6.45) is 0.709. The van der Waals surface area contributed by atoms with Crippen LogP contribution >= 0.6 is 11.6 Å². The Morgan fingerprint density at radius 3 is 2.68 bits per heavy atom. The molecule has 0 amide bonds. The first kappa shape index (κ1) is 17.2. The van der Waals surface area contributed by atoms with Gasteiger partial charge in [0.25, 0.3) is 0 Å². The van der Waals surface area contributed by atoms with E-state index in [-0.39, 0.29) is 20.9 Å². The van der Waals surface area contributed by atoms with E-state index >= 15 is 0 Å². The molecule has 0 aromatic heterocycles. The molecule has 1 heterocycles. The number of halogens is 1. The number of rotatable bonds is 4. The first-order valence-electron chi connectivity index (χ1n) is 6.81. The van der Waals surface area contributed by atoms with E-state index in [1.807, 2.05) is 6.92 Å². The molecule has 0 saturated carbocycles. The maximum absolute atomic E-state index is 12.7. The van der Waals surface area contributed by atoms with Crippen LogP contribution in [0.25, 0.3) is 0 Å². The number of carbonyl (C=O) groups is 1. The fourth-order valence-electron chi connectivity index (χ4n) is 2.44. The lowest BCUT2D eigenvalue weighted by Crippen LogP contribution is -2.34. The van der Waals surface area contributed by atoms with Crippen molar-refractivity contribution in [2.24, 2.45) is 11.1 Å². The molecule has 2 rings (SSSR count). The molecular weight excluding hydrogens is 328 g/mol. The van der Waals surface area contributed by atoms with Crippen LogP contribution in [-0.4, -0.2) is 45.4 Å². The summed E-state index contributed by atoms with van der Waals surface area (Å²) in [4.78, 5) is 11.4. The third-order valence-corrected chi connectivity index (χ3v) is 6.31. The zero-order chi connectivity index (χ0) is 16.5. The third kappa shape index (κ3) is 3.12. The summed E-state index contributed by atoms with van der Waals surface area (Å²) < 4.78 is 31.4. The molecule has 1 aromatic rings. The van der Waals surface area contributed by atoms with Gasteiger partial charge < -0.3 is 10.5 Å². The summed E-state index contributed by atoms with van der Waals surface area (Å²) in [6.45, 7) is 3.16. The first-order chi connectivity index (χ1) is 10.2. The van der Waals surface area contributed by atoms with Crippen LogP contribution in [0.15, 0.2) is 23.1 Å². The van der Waals surface area contributed by atoms with Crippen molar-refractivity contribution in [3.63, 3.8) is 0 Å². The van der Waals surface area contributed by atoms with Gasteiger partial charge in [-0.1, -0.05) is 18.5 Å². The predicted molar refractivity (Wildman–Crippen MR) is 83.3 cm³/mol. The monoisotopic (exact) mass is 346 g/mol. The van der Waals surface area contributed by atoms with E-state index in [0.29, 0.717) is 26.1 Å². The van der Waals surface area contributed by atoms with Crippen molar-refractivity contribution in [2.75, 3.05) is 26.7 Å². The van der Waals surface area contributed by atoms with E-state index in [1.165, 1.54) is 29.6 Å². The molecule has 8 heteroatoms. The molecule has 122 valence electrons. The molecule has 0 aliphatic carbocycles. The maximum Gasteiger partial charge on any atom is 0.337 e. The van der Waals surface area contributed by atoms with Gasteiger partial charge in [0.15, 0.2) is 0 Å². The summed E-state index contributed by atoms with van der Waals surface area (Å²) in [5, 5.41) is 0.00394. The number of nitrogens with two attached hydrogens (primary N) is 1. The molecule has 2 N–H and O–H groups in total. The number of sulfonamides is 1. The number of carbonyl (C=O) groups excluding carboxylic acids is 1. The maximum atomic E-state index is 12.7. The second-order valence-electron chi connectivity index (χ2n) is 5.74. The van der Waals surface area contributed by atoms with Gasteiger partial charge in [-0.3, -0.25) is 0 Å². The highest BCUT2D eigenvalue weighted by atomic mass is 35.5. The van der Waals surface area contributed by atoms with Gasteiger partial charge in [-0.15, -0.1) is 0 Å². The Labute approximate surface area is 135 Å². The van der Waals surface area contributed by atoms with Crippen LogP contribution in [0, 0.1) is 5.41 Å². The largest absolute Gasteiger partial charge is 0.465 e. The van der Waals surface area contributed by atoms with Crippen molar-refractivity contribution in [1.82, 2.24) is 4.31 Å². The summed E-state index contributed by atoms with van der Waals surface area (Å²) in [5.41, 5.74) is 5.70. The zero-order valence-corrected chi connectivity index (χ0v) is 14.1. The highest BCUT2D eigenvalue weighted by molar-refractivity contribution is 7.89. The molecule has 1 saturated heterocycles. The second kappa shape index (κ2) is 6.16. The van der Waals surface area contributed by atoms with Crippen LogP contribution in [0.5, 0.6) is 0 Å². The highest BCUT2D eigenvalue weighted by Gasteiger charge is 2.39. The molecule has 1 atom stereocenters. The SMILES string of the molecule is COC(=O)c1ccc(S(=O)(=O)N2CCC(C)(CN)C2)c(Cl)c1. The van der Waals surface area contributed by atoms with Gasteiger partial charge in [0.05, 0.1) is 17.7 Å². The summed E-state index contributed by atoms with van der Waals surface area (Å²) >= 11 is 6.06. The minimum absolute atomic E-state index is 0.00394. The standard InChI is InChI=1S/C14H19ClN2O4S/c1-14(8-16)5-6-17(9-14)22(19,20)12-4-3-10(7-11(12)15)13(18)21-2/h3-4,7H,5-6,8-9,16H2,1-2H3. The van der Waals surface area contributed by atoms with E-state index in [2.05, 4.69) is 4.74 Å². The lowest BCUT2D eigenvalue weighted by Gasteiger charge is -2.22. The van der Waals surface area contributed by atoms with Gasteiger partial charge in [-0.2, -0.15) is 4.31 Å². The zero-order valence-electron chi connectivity index (χ0n) is 12.5. The molecule has 1 fully saturated rings. The van der Waals surface area contributed by atoms with Gasteiger partial charge >= 0.3 is 5.97 Å². The fourth-order valence-corrected chi connectivity index (χ4v) is 4.55. The normalized spacial score (nSPS) is 22.7. The van der Waals surface area contributed by atoms with Crippen molar-refractivity contribution in [1.29, 1.82) is 0 Å². The second-order valence-corrected chi connectivity index (χ2v) is 8.05. The van der Waals surface area contributed by atoms with Crippen LogP contribution in [0.2, 0.25) is 5.02 Å². The van der Waals surface area contributed by atoms with Gasteiger partial charge in [0.1, 0.15) is 4.90 Å². The first-order valence-corrected chi connectivity index (χ1v) is 8.63. The van der Waals surface area contributed by atoms with Crippen LogP contribution in [-0.2, 0) is 14.8 Å². The van der Waals surface area contributed by atoms with Crippen LogP contribution in [0.1, 0.15) is 23.7 Å². The van der Waals surface area contributed by atoms with E-state index in [0.717, 1.165) is 0 Å². The molecule has 1 aromatic carbocycles. The minimum Gasteiger partial charge on any atom is -0.465 e. The molecule has 0 bridgehead atoms. The third-order valence-electron chi connectivity index (χ3n) is 3.99. The van der Waals surface area contributed by atoms with E-state index in [4.69, 9.17) is 17.3 Å². The molecular formula is C14H19ClN2O4S. The van der Waals surface area contributed by atoms with E-state index in [9.17, 15) is 13.2 Å². The van der Waals surface area contributed by atoms with Crippen LogP contribution in [0.3, 0.4) is 0 Å². The van der Waals surface area contributed by atoms with Gasteiger partial charge in [0.2, 0.25) is 10.0 Å². The summed E-state index contributed by atoms with van der Waals surface area (Å²) in [6, 6.07) is 4.03. The average molecular weight is 347 g/mol. The Morgan fingerprint density at radius 2 is 2.18 bits per heavy atom. The Bertz CT molecular complexity index is 692. The lowest BCUT2D eigenvalue weighted by molar-refractivity contribution is 0.0600. The Balaban J connectivity index is 2.33. The van der Waals surface area contributed by atoms with Gasteiger partial charge in [-0.05, 0) is 36.6 Å². The quantitative estimate of drug-likeness (QED) is 0.834. The summed E-state index contributed by atoms with van der Waals surface area (Å²) in [7, 11) is -2.46. The number of ether oxygens (including phenoxy) is 1. The van der Waals surface area contributed by atoms with E-state index < -0.39 is 16.0 Å². The molecule has 1 aliphatic rings. The number of esters is 1. The number of hydrogen-bond acceptors (Lipinski definition) is 5. The highest BCUT2D eigenvalue weighted by Crippen LogP contribution is 2.34. The molecule has 22 heavy (non-hydrogen) atoms. The van der Waals surface area contributed by atoms with Crippen molar-refractivity contribution in [3.05, 3.63) is 28.8 Å². The topological polar surface area (TPSA) is 89.7 Å². The molecule has 0 radical (unpaired) electrons. The van der Waals surface area contributed by atoms with Crippen molar-refractivity contribution in [3.8, 4) is 0 Å². The Hall–Kier alpha value is -1.15. The fraction of sp³-hybridized carbons (Fsp3) is 0.500. The Kier molecular flexibility index (Phi) is 4.81. The average Bonchev–Trinajstić information content (AvgIpc) is 2.90. The molecule has 1 aliphatic heterocycles. The van der Waals surface area contributed by atoms with Gasteiger partial charge in [0, 0.05) is 13.1 Å². The molecule has 1 unspecified atom stereocenters. The Morgan fingerprint density at radius 1 is 1.50 bits per heavy atom. The molecule has 6 nitrogen and oxygen atoms in total. The van der Waals surface area contributed by atoms with Crippen molar-refractivity contribution in [2.45, 2.75) is 18.2 Å². The van der Waals surface area contributed by atoms with Crippen LogP contribution in [0.4, 0.5) is 0 Å². The number of benzene rings is 1. The molecule has 0 spiro atoms. The lowest BCUT2D eigenvalue weighted by atomic mass is 9.90. The van der Waals surface area contributed by atoms with Crippen LogP contribution < -0.4 is 5.73 Å². The van der Waals surface area contributed by atoms with Gasteiger partial charge in [-0.25, -0.2) is 13.2 Å².